The van der Waals surface area contributed by atoms with Crippen LogP contribution in [0.25, 0.3) is 0 Å². The molecule has 1 saturated heterocycles. The number of carbonyl (C=O) groups excluding carboxylic acids is 1. The molecule has 1 aromatic rings. The number of carbonyl (C=O) groups is 1. The van der Waals surface area contributed by atoms with E-state index in [9.17, 15) is 4.79 Å². The zero-order valence-corrected chi connectivity index (χ0v) is 11.7. The van der Waals surface area contributed by atoms with Crippen molar-refractivity contribution < 1.29 is 9.53 Å². The fraction of sp³-hybridized carbons (Fsp3) is 0.533. The van der Waals surface area contributed by atoms with Crippen molar-refractivity contribution in [1.82, 2.24) is 10.2 Å². The summed E-state index contributed by atoms with van der Waals surface area (Å²) in [4.78, 5) is 14.1. The fourth-order valence-electron chi connectivity index (χ4n) is 2.49. The second kappa shape index (κ2) is 6.57. The number of amides is 1. The Labute approximate surface area is 114 Å². The lowest BCUT2D eigenvalue weighted by Crippen LogP contribution is -2.37. The van der Waals surface area contributed by atoms with Crippen LogP contribution in [0.1, 0.15) is 23.2 Å². The molecule has 1 amide bonds. The molecule has 0 unspecified atom stereocenters. The van der Waals surface area contributed by atoms with Crippen LogP contribution in [0.4, 0.5) is 0 Å². The highest BCUT2D eigenvalue weighted by molar-refractivity contribution is 5.94. The predicted octanol–water partition coefficient (Wildman–Crippen LogP) is 1.77. The molecule has 0 atom stereocenters. The quantitative estimate of drug-likeness (QED) is 0.899. The van der Waals surface area contributed by atoms with Crippen molar-refractivity contribution >= 4 is 5.91 Å². The van der Waals surface area contributed by atoms with Gasteiger partial charge in [-0.1, -0.05) is 0 Å². The Morgan fingerprint density at radius 1 is 1.32 bits per heavy atom. The van der Waals surface area contributed by atoms with E-state index in [-0.39, 0.29) is 5.91 Å². The first-order valence-electron chi connectivity index (χ1n) is 6.81. The Balaban J connectivity index is 1.93. The molecule has 4 nitrogen and oxygen atoms in total. The number of nitrogens with zero attached hydrogens (tertiary/aromatic N) is 1. The van der Waals surface area contributed by atoms with Crippen LogP contribution in [-0.4, -0.2) is 44.6 Å². The molecule has 2 rings (SSSR count). The molecule has 4 heteroatoms. The van der Waals surface area contributed by atoms with E-state index in [0.717, 1.165) is 43.8 Å². The third-order valence-corrected chi connectivity index (χ3v) is 3.67. The number of piperidine rings is 1. The zero-order chi connectivity index (χ0) is 13.7. The molecule has 19 heavy (non-hydrogen) atoms. The number of hydrogen-bond donors (Lipinski definition) is 1. The summed E-state index contributed by atoms with van der Waals surface area (Å²) in [6.07, 6.45) is 2.31. The second-order valence-corrected chi connectivity index (χ2v) is 5.11. The van der Waals surface area contributed by atoms with Crippen LogP contribution < -0.4 is 10.1 Å². The third kappa shape index (κ3) is 3.70. The van der Waals surface area contributed by atoms with Gasteiger partial charge in [-0.3, -0.25) is 4.79 Å². The van der Waals surface area contributed by atoms with Gasteiger partial charge in [0.05, 0.1) is 7.11 Å². The lowest BCUT2D eigenvalue weighted by Gasteiger charge is -2.27. The summed E-state index contributed by atoms with van der Waals surface area (Å²) in [5.41, 5.74) is 0.720. The Hall–Kier alpha value is -1.55. The normalized spacial score (nSPS) is 16.1. The van der Waals surface area contributed by atoms with Crippen molar-refractivity contribution in [2.45, 2.75) is 12.8 Å². The van der Waals surface area contributed by atoms with Gasteiger partial charge in [-0.2, -0.15) is 0 Å². The van der Waals surface area contributed by atoms with Gasteiger partial charge in [-0.25, -0.2) is 0 Å². The van der Waals surface area contributed by atoms with Gasteiger partial charge in [0.15, 0.2) is 0 Å². The van der Waals surface area contributed by atoms with E-state index in [0.29, 0.717) is 5.92 Å². The zero-order valence-electron chi connectivity index (χ0n) is 11.7. The molecule has 1 aliphatic rings. The lowest BCUT2D eigenvalue weighted by atomic mass is 9.97. The molecule has 1 aliphatic heterocycles. The first-order chi connectivity index (χ1) is 9.20. The summed E-state index contributed by atoms with van der Waals surface area (Å²) in [5, 5.41) is 3.34. The van der Waals surface area contributed by atoms with Gasteiger partial charge in [-0.15, -0.1) is 0 Å². The predicted molar refractivity (Wildman–Crippen MR) is 75.5 cm³/mol. The maximum absolute atomic E-state index is 12.3. The fourth-order valence-corrected chi connectivity index (χ4v) is 2.49. The maximum Gasteiger partial charge on any atom is 0.253 e. The minimum atomic E-state index is 0.0844. The topological polar surface area (TPSA) is 41.6 Å². The average Bonchev–Trinajstić information content (AvgIpc) is 2.47. The highest BCUT2D eigenvalue weighted by Gasteiger charge is 2.18. The summed E-state index contributed by atoms with van der Waals surface area (Å²) < 4.78 is 5.10. The second-order valence-electron chi connectivity index (χ2n) is 5.11. The first kappa shape index (κ1) is 13.9. The number of hydrogen-bond acceptors (Lipinski definition) is 3. The molecule has 0 bridgehead atoms. The largest absolute Gasteiger partial charge is 0.497 e. The molecule has 0 saturated carbocycles. The Morgan fingerprint density at radius 2 is 1.95 bits per heavy atom. The summed E-state index contributed by atoms with van der Waals surface area (Å²) in [7, 11) is 3.51. The van der Waals surface area contributed by atoms with E-state index in [1.807, 2.05) is 36.2 Å². The van der Waals surface area contributed by atoms with E-state index >= 15 is 0 Å². The van der Waals surface area contributed by atoms with Crippen molar-refractivity contribution in [1.29, 1.82) is 0 Å². The third-order valence-electron chi connectivity index (χ3n) is 3.67. The molecule has 1 aromatic carbocycles. The van der Waals surface area contributed by atoms with Crippen LogP contribution >= 0.6 is 0 Å². The van der Waals surface area contributed by atoms with Gasteiger partial charge in [-0.05, 0) is 56.1 Å². The van der Waals surface area contributed by atoms with Crippen molar-refractivity contribution in [2.75, 3.05) is 33.8 Å². The van der Waals surface area contributed by atoms with Gasteiger partial charge in [0.25, 0.3) is 5.91 Å². The summed E-state index contributed by atoms with van der Waals surface area (Å²) in [6.45, 7) is 2.97. The number of rotatable bonds is 4. The molecular weight excluding hydrogens is 240 g/mol. The number of nitrogens with one attached hydrogen (secondary N) is 1. The molecule has 1 N–H and O–H groups in total. The summed E-state index contributed by atoms with van der Waals surface area (Å²) >= 11 is 0. The molecule has 0 aliphatic carbocycles. The van der Waals surface area contributed by atoms with Gasteiger partial charge < -0.3 is 15.0 Å². The number of ether oxygens (including phenoxy) is 1. The first-order valence-corrected chi connectivity index (χ1v) is 6.81. The van der Waals surface area contributed by atoms with Gasteiger partial charge in [0, 0.05) is 19.2 Å². The summed E-state index contributed by atoms with van der Waals surface area (Å²) in [6, 6.07) is 7.29. The smallest absolute Gasteiger partial charge is 0.253 e. The maximum atomic E-state index is 12.3. The monoisotopic (exact) mass is 262 g/mol. The molecular formula is C15H22N2O2. The van der Waals surface area contributed by atoms with E-state index in [1.165, 1.54) is 0 Å². The van der Waals surface area contributed by atoms with E-state index < -0.39 is 0 Å². The van der Waals surface area contributed by atoms with Gasteiger partial charge in [0.1, 0.15) is 5.75 Å². The van der Waals surface area contributed by atoms with Crippen LogP contribution in [0, 0.1) is 5.92 Å². The molecule has 1 heterocycles. The SMILES string of the molecule is COc1ccc(C(=O)N(C)CC2CCNCC2)cc1. The molecule has 0 radical (unpaired) electrons. The van der Waals surface area contributed by atoms with Crippen LogP contribution in [0.2, 0.25) is 0 Å². The highest BCUT2D eigenvalue weighted by atomic mass is 16.5. The Kier molecular flexibility index (Phi) is 4.80. The lowest BCUT2D eigenvalue weighted by molar-refractivity contribution is 0.0763. The Bertz CT molecular complexity index is 411. The van der Waals surface area contributed by atoms with Crippen molar-refractivity contribution in [3.63, 3.8) is 0 Å². The highest BCUT2D eigenvalue weighted by Crippen LogP contribution is 2.16. The minimum absolute atomic E-state index is 0.0844. The molecule has 0 spiro atoms. The average molecular weight is 262 g/mol. The van der Waals surface area contributed by atoms with Crippen molar-refractivity contribution in [3.8, 4) is 5.75 Å². The van der Waals surface area contributed by atoms with Crippen molar-refractivity contribution in [3.05, 3.63) is 29.8 Å². The van der Waals surface area contributed by atoms with E-state index in [2.05, 4.69) is 5.32 Å². The van der Waals surface area contributed by atoms with Gasteiger partial charge in [0.2, 0.25) is 0 Å². The van der Waals surface area contributed by atoms with Crippen LogP contribution in [0.5, 0.6) is 5.75 Å². The molecule has 104 valence electrons. The van der Waals surface area contributed by atoms with Gasteiger partial charge >= 0.3 is 0 Å². The van der Waals surface area contributed by atoms with Crippen LogP contribution in [0.15, 0.2) is 24.3 Å². The van der Waals surface area contributed by atoms with Crippen molar-refractivity contribution in [2.24, 2.45) is 5.92 Å². The summed E-state index contributed by atoms with van der Waals surface area (Å²) in [5.74, 6) is 1.48. The van der Waals surface area contributed by atoms with E-state index in [4.69, 9.17) is 4.74 Å². The Morgan fingerprint density at radius 3 is 2.53 bits per heavy atom. The van der Waals surface area contributed by atoms with E-state index in [1.54, 1.807) is 7.11 Å². The number of benzene rings is 1. The molecule has 0 aromatic heterocycles. The standard InChI is InChI=1S/C15H22N2O2/c1-17(11-12-7-9-16-10-8-12)15(18)13-3-5-14(19-2)6-4-13/h3-6,12,16H,7-11H2,1-2H3. The molecule has 1 fully saturated rings. The van der Waals surface area contributed by atoms with Crippen LogP contribution in [0.3, 0.4) is 0 Å². The minimum Gasteiger partial charge on any atom is -0.497 e. The number of methoxy groups -OCH3 is 1. The van der Waals surface area contributed by atoms with Crippen LogP contribution in [-0.2, 0) is 0 Å².